The zero-order valence-electron chi connectivity index (χ0n) is 14.3. The summed E-state index contributed by atoms with van der Waals surface area (Å²) in [5.74, 6) is 0.462. The van der Waals surface area contributed by atoms with Crippen molar-refractivity contribution in [2.75, 3.05) is 6.54 Å². The summed E-state index contributed by atoms with van der Waals surface area (Å²) in [6.45, 7) is 5.82. The molecule has 0 saturated heterocycles. The van der Waals surface area contributed by atoms with Gasteiger partial charge in [-0.25, -0.2) is 0 Å². The molecule has 24 heavy (non-hydrogen) atoms. The van der Waals surface area contributed by atoms with E-state index in [4.69, 9.17) is 4.42 Å². The lowest BCUT2D eigenvalue weighted by Gasteiger charge is -2.19. The maximum absolute atomic E-state index is 12.2. The highest BCUT2D eigenvalue weighted by molar-refractivity contribution is 5.82. The largest absolute Gasteiger partial charge is 0.467 e. The molecule has 1 aromatic heterocycles. The first-order chi connectivity index (χ1) is 11.4. The molecular formula is C19H24N2O3. The Kier molecular flexibility index (Phi) is 5.79. The lowest BCUT2D eigenvalue weighted by molar-refractivity contribution is -0.128. The van der Waals surface area contributed by atoms with Crippen LogP contribution in [0.1, 0.15) is 44.6 Å². The van der Waals surface area contributed by atoms with E-state index < -0.39 is 5.41 Å². The molecule has 5 nitrogen and oxygen atoms in total. The summed E-state index contributed by atoms with van der Waals surface area (Å²) in [7, 11) is 0. The van der Waals surface area contributed by atoms with Crippen LogP contribution in [0.2, 0.25) is 0 Å². The number of nitrogens with one attached hydrogen (secondary N) is 2. The maximum atomic E-state index is 12.2. The summed E-state index contributed by atoms with van der Waals surface area (Å²) >= 11 is 0. The van der Waals surface area contributed by atoms with Gasteiger partial charge in [0.25, 0.3) is 0 Å². The molecule has 128 valence electrons. The molecule has 1 unspecified atom stereocenters. The molecule has 2 amide bonds. The van der Waals surface area contributed by atoms with Gasteiger partial charge < -0.3 is 15.1 Å². The fourth-order valence-electron chi connectivity index (χ4n) is 2.21. The van der Waals surface area contributed by atoms with Crippen LogP contribution < -0.4 is 10.6 Å². The normalized spacial score (nSPS) is 12.5. The second kappa shape index (κ2) is 7.81. The molecule has 0 bridgehead atoms. The fourth-order valence-corrected chi connectivity index (χ4v) is 2.21. The van der Waals surface area contributed by atoms with Crippen LogP contribution in [0, 0.1) is 5.41 Å². The van der Waals surface area contributed by atoms with Crippen LogP contribution in [0.5, 0.6) is 0 Å². The van der Waals surface area contributed by atoms with Gasteiger partial charge in [0, 0.05) is 18.4 Å². The summed E-state index contributed by atoms with van der Waals surface area (Å²) < 4.78 is 5.45. The zero-order chi connectivity index (χ0) is 17.6. The van der Waals surface area contributed by atoms with Gasteiger partial charge in [-0.1, -0.05) is 51.1 Å². The molecule has 5 heteroatoms. The Morgan fingerprint density at radius 3 is 2.38 bits per heavy atom. The van der Waals surface area contributed by atoms with Crippen molar-refractivity contribution in [3.05, 3.63) is 60.1 Å². The highest BCUT2D eigenvalue weighted by Gasteiger charge is 2.22. The Hall–Kier alpha value is -2.56. The average Bonchev–Trinajstić information content (AvgIpc) is 3.06. The molecule has 2 N–H and O–H groups in total. The highest BCUT2D eigenvalue weighted by atomic mass is 16.3. The molecule has 1 atom stereocenters. The molecule has 1 heterocycles. The Bertz CT molecular complexity index is 658. The van der Waals surface area contributed by atoms with Gasteiger partial charge in [-0.3, -0.25) is 9.59 Å². The first kappa shape index (κ1) is 17.8. The number of hydrogen-bond acceptors (Lipinski definition) is 3. The number of amides is 2. The third kappa shape index (κ3) is 4.98. The molecule has 0 radical (unpaired) electrons. The standard InChI is InChI=1S/C19H24N2O3/c1-19(2,3)18(23)20-12-11-16(22)21-17(15-10-7-13-24-15)14-8-5-4-6-9-14/h4-10,13,17H,11-12H2,1-3H3,(H,20,23)(H,21,22). The lowest BCUT2D eigenvalue weighted by atomic mass is 9.96. The third-order valence-electron chi connectivity index (χ3n) is 3.58. The third-order valence-corrected chi connectivity index (χ3v) is 3.58. The second-order valence-corrected chi connectivity index (χ2v) is 6.68. The van der Waals surface area contributed by atoms with E-state index in [1.54, 1.807) is 12.3 Å². The van der Waals surface area contributed by atoms with Crippen LogP contribution in [0.15, 0.2) is 53.1 Å². The van der Waals surface area contributed by atoms with Crippen LogP contribution in [0.3, 0.4) is 0 Å². The maximum Gasteiger partial charge on any atom is 0.225 e. The monoisotopic (exact) mass is 328 g/mol. The summed E-state index contributed by atoms with van der Waals surface area (Å²) in [6.07, 6.45) is 1.80. The van der Waals surface area contributed by atoms with E-state index in [-0.39, 0.29) is 24.3 Å². The number of rotatable bonds is 6. The predicted octanol–water partition coefficient (Wildman–Crippen LogP) is 3.04. The number of carbonyl (C=O) groups is 2. The van der Waals surface area contributed by atoms with Gasteiger partial charge in [0.1, 0.15) is 11.8 Å². The highest BCUT2D eigenvalue weighted by Crippen LogP contribution is 2.22. The topological polar surface area (TPSA) is 71.3 Å². The van der Waals surface area contributed by atoms with Crippen molar-refractivity contribution in [3.63, 3.8) is 0 Å². The Morgan fingerprint density at radius 2 is 1.79 bits per heavy atom. The van der Waals surface area contributed by atoms with Crippen LogP contribution in [0.25, 0.3) is 0 Å². The van der Waals surface area contributed by atoms with Gasteiger partial charge in [-0.2, -0.15) is 0 Å². The Balaban J connectivity index is 1.95. The summed E-state index contributed by atoms with van der Waals surface area (Å²) in [5, 5.41) is 5.74. The van der Waals surface area contributed by atoms with E-state index >= 15 is 0 Å². The number of benzene rings is 1. The molecule has 2 rings (SSSR count). The van der Waals surface area contributed by atoms with Crippen molar-refractivity contribution < 1.29 is 14.0 Å². The predicted molar refractivity (Wildman–Crippen MR) is 92.2 cm³/mol. The molecule has 1 aromatic carbocycles. The van der Waals surface area contributed by atoms with Crippen LogP contribution in [-0.2, 0) is 9.59 Å². The molecule has 2 aromatic rings. The van der Waals surface area contributed by atoms with Crippen molar-refractivity contribution in [1.82, 2.24) is 10.6 Å². The van der Waals surface area contributed by atoms with E-state index in [9.17, 15) is 9.59 Å². The van der Waals surface area contributed by atoms with Gasteiger partial charge in [0.15, 0.2) is 0 Å². The molecular weight excluding hydrogens is 304 g/mol. The second-order valence-electron chi connectivity index (χ2n) is 6.68. The molecule has 0 spiro atoms. The zero-order valence-corrected chi connectivity index (χ0v) is 14.3. The van der Waals surface area contributed by atoms with Crippen molar-refractivity contribution in [1.29, 1.82) is 0 Å². The summed E-state index contributed by atoms with van der Waals surface area (Å²) in [5.41, 5.74) is 0.483. The molecule has 0 saturated carbocycles. The van der Waals surface area contributed by atoms with Crippen LogP contribution in [0.4, 0.5) is 0 Å². The molecule has 0 aliphatic rings. The van der Waals surface area contributed by atoms with Crippen molar-refractivity contribution >= 4 is 11.8 Å². The van der Waals surface area contributed by atoms with Crippen LogP contribution in [-0.4, -0.2) is 18.4 Å². The summed E-state index contributed by atoms with van der Waals surface area (Å²) in [6, 6.07) is 12.9. The van der Waals surface area contributed by atoms with Gasteiger partial charge in [-0.05, 0) is 17.7 Å². The van der Waals surface area contributed by atoms with Gasteiger partial charge in [0.05, 0.1) is 6.26 Å². The number of hydrogen-bond donors (Lipinski definition) is 2. The number of furan rings is 1. The SMILES string of the molecule is CC(C)(C)C(=O)NCCC(=O)NC(c1ccccc1)c1ccco1. The molecule has 0 fully saturated rings. The minimum absolute atomic E-state index is 0.0686. The quantitative estimate of drug-likeness (QED) is 0.856. The fraction of sp³-hybridized carbons (Fsp3) is 0.368. The number of carbonyl (C=O) groups excluding carboxylic acids is 2. The average molecular weight is 328 g/mol. The van der Waals surface area contributed by atoms with Crippen molar-refractivity contribution in [3.8, 4) is 0 Å². The minimum atomic E-state index is -0.461. The molecule has 0 aliphatic carbocycles. The Labute approximate surface area is 142 Å². The van der Waals surface area contributed by atoms with Gasteiger partial charge >= 0.3 is 0 Å². The Morgan fingerprint density at radius 1 is 1.08 bits per heavy atom. The van der Waals surface area contributed by atoms with E-state index in [2.05, 4.69) is 10.6 Å². The first-order valence-corrected chi connectivity index (χ1v) is 8.04. The van der Waals surface area contributed by atoms with E-state index in [1.165, 1.54) is 0 Å². The van der Waals surface area contributed by atoms with E-state index in [0.29, 0.717) is 12.3 Å². The van der Waals surface area contributed by atoms with Crippen molar-refractivity contribution in [2.45, 2.75) is 33.2 Å². The minimum Gasteiger partial charge on any atom is -0.467 e. The summed E-state index contributed by atoms with van der Waals surface area (Å²) in [4.78, 5) is 24.1. The first-order valence-electron chi connectivity index (χ1n) is 8.04. The van der Waals surface area contributed by atoms with Gasteiger partial charge in [-0.15, -0.1) is 0 Å². The molecule has 0 aliphatic heterocycles. The smallest absolute Gasteiger partial charge is 0.225 e. The van der Waals surface area contributed by atoms with Gasteiger partial charge in [0.2, 0.25) is 11.8 Å². The van der Waals surface area contributed by atoms with Crippen molar-refractivity contribution in [2.24, 2.45) is 5.41 Å². The van der Waals surface area contributed by atoms with E-state index in [1.807, 2.05) is 57.2 Å². The van der Waals surface area contributed by atoms with E-state index in [0.717, 1.165) is 5.56 Å². The lowest BCUT2D eigenvalue weighted by Crippen LogP contribution is -2.38. The van der Waals surface area contributed by atoms with Crippen LogP contribution >= 0.6 is 0 Å².